The van der Waals surface area contributed by atoms with E-state index >= 15 is 0 Å². The van der Waals surface area contributed by atoms with Crippen LogP contribution in [-0.2, 0) is 0 Å². The van der Waals surface area contributed by atoms with E-state index in [-0.39, 0.29) is 0 Å². The van der Waals surface area contributed by atoms with Gasteiger partial charge in [0, 0.05) is 20.3 Å². The quantitative estimate of drug-likeness (QED) is 0.213. The number of benzene rings is 4. The van der Waals surface area contributed by atoms with E-state index in [0.29, 0.717) is 0 Å². The van der Waals surface area contributed by atoms with Crippen LogP contribution in [0.4, 0.5) is 11.4 Å². The highest BCUT2D eigenvalue weighted by Gasteiger charge is 2.30. The molecule has 0 aliphatic carbocycles. The second-order valence-electron chi connectivity index (χ2n) is 8.24. The van der Waals surface area contributed by atoms with Crippen LogP contribution in [0.1, 0.15) is 12.3 Å². The van der Waals surface area contributed by atoms with Crippen LogP contribution < -0.4 is 10.6 Å². The number of para-hydroxylation sites is 2. The predicted octanol–water partition coefficient (Wildman–Crippen LogP) is 6.62. The van der Waals surface area contributed by atoms with Crippen molar-refractivity contribution in [1.82, 2.24) is 30.0 Å². The number of nitrogens with one attached hydrogen (secondary N) is 2. The summed E-state index contributed by atoms with van der Waals surface area (Å²) in [6, 6.07) is 31.9. The van der Waals surface area contributed by atoms with Crippen LogP contribution in [0, 0.1) is 0 Å². The zero-order valence-electron chi connectivity index (χ0n) is 18.8. The first-order valence-corrected chi connectivity index (χ1v) is 12.9. The number of aromatic nitrogens is 6. The van der Waals surface area contributed by atoms with Gasteiger partial charge in [-0.25, -0.2) is 9.36 Å². The van der Waals surface area contributed by atoms with Crippen molar-refractivity contribution >= 4 is 65.3 Å². The lowest BCUT2D eigenvalue weighted by Crippen LogP contribution is -2.35. The van der Waals surface area contributed by atoms with Gasteiger partial charge in [-0.1, -0.05) is 66.6 Å². The van der Waals surface area contributed by atoms with Crippen molar-refractivity contribution in [3.63, 3.8) is 0 Å². The molecule has 6 rings (SSSR count). The Bertz CT molecular complexity index is 1500. The second-order valence-corrected chi connectivity index (χ2v) is 10.1. The third kappa shape index (κ3) is 4.45. The van der Waals surface area contributed by atoms with Gasteiger partial charge in [0.25, 0.3) is 0 Å². The number of nitrogens with zero attached hydrogens (tertiary/aromatic N) is 6. The third-order valence-corrected chi connectivity index (χ3v) is 6.96. The Morgan fingerprint density at radius 2 is 0.917 bits per heavy atom. The van der Waals surface area contributed by atoms with Gasteiger partial charge in [-0.15, -0.1) is 10.2 Å². The minimum absolute atomic E-state index is 0.424. The molecule has 8 nitrogen and oxygen atoms in total. The average molecular weight is 604 g/mol. The number of anilines is 2. The Kier molecular flexibility index (Phi) is 6.12. The van der Waals surface area contributed by atoms with E-state index in [9.17, 15) is 0 Å². The molecular weight excluding hydrogens is 584 g/mol. The molecule has 0 spiro atoms. The van der Waals surface area contributed by atoms with E-state index in [4.69, 9.17) is 0 Å². The highest BCUT2D eigenvalue weighted by molar-refractivity contribution is 9.10. The van der Waals surface area contributed by atoms with Crippen LogP contribution in [0.5, 0.6) is 0 Å². The highest BCUT2D eigenvalue weighted by Crippen LogP contribution is 2.32. The minimum Gasteiger partial charge on any atom is -0.360 e. The first-order valence-electron chi connectivity index (χ1n) is 11.3. The lowest BCUT2D eigenvalue weighted by atomic mass is 10.2. The molecule has 2 atom stereocenters. The highest BCUT2D eigenvalue weighted by atomic mass is 79.9. The molecular formula is C26H20Br2N8. The summed E-state index contributed by atoms with van der Waals surface area (Å²) in [4.78, 5) is 0. The van der Waals surface area contributed by atoms with Gasteiger partial charge in [0.2, 0.25) is 0 Å². The SMILES string of the molecule is Brc1ccc(N[C@@H]([C@H](Nc2ccc(Br)cc2)n2nnc3ccccc32)n2nnc3ccccc32)cc1. The predicted molar refractivity (Wildman–Crippen MR) is 149 cm³/mol. The van der Waals surface area contributed by atoms with E-state index in [0.717, 1.165) is 42.4 Å². The summed E-state index contributed by atoms with van der Waals surface area (Å²) in [5, 5.41) is 25.3. The number of halogens is 2. The summed E-state index contributed by atoms with van der Waals surface area (Å²) in [6.45, 7) is 0. The van der Waals surface area contributed by atoms with E-state index in [2.05, 4.69) is 63.1 Å². The molecule has 0 aliphatic rings. The maximum atomic E-state index is 4.56. The first kappa shape index (κ1) is 22.7. The Morgan fingerprint density at radius 1 is 0.528 bits per heavy atom. The number of fused-ring (bicyclic) bond motifs is 2. The fraction of sp³-hybridized carbons (Fsp3) is 0.0769. The topological polar surface area (TPSA) is 85.5 Å². The molecule has 0 bridgehead atoms. The molecule has 10 heteroatoms. The molecule has 0 saturated heterocycles. The standard InChI is InChI=1S/C26H20Br2N8/c27-17-9-13-19(14-10-17)29-25(35-23-7-3-1-5-21(23)31-33-35)26(30-20-15-11-18(28)12-16-20)36-24-8-4-2-6-22(24)32-34-36/h1-16,25-26,29-30H/t25-,26-/m1/s1. The molecule has 0 saturated carbocycles. The third-order valence-electron chi connectivity index (χ3n) is 5.90. The Balaban J connectivity index is 1.53. The normalized spacial score (nSPS) is 13.1. The molecule has 2 N–H and O–H groups in total. The molecule has 0 unspecified atom stereocenters. The van der Waals surface area contributed by atoms with Crippen molar-refractivity contribution in [2.45, 2.75) is 12.3 Å². The van der Waals surface area contributed by atoms with E-state index in [1.807, 2.05) is 106 Å². The second kappa shape index (κ2) is 9.71. The molecule has 0 radical (unpaired) electrons. The zero-order valence-corrected chi connectivity index (χ0v) is 22.0. The Morgan fingerprint density at radius 3 is 1.33 bits per heavy atom. The van der Waals surface area contributed by atoms with Gasteiger partial charge in [-0.2, -0.15) is 0 Å². The van der Waals surface area contributed by atoms with Gasteiger partial charge in [0.05, 0.1) is 11.0 Å². The van der Waals surface area contributed by atoms with E-state index in [1.54, 1.807) is 0 Å². The van der Waals surface area contributed by atoms with Gasteiger partial charge in [-0.05, 0) is 72.8 Å². The molecule has 6 aromatic rings. The van der Waals surface area contributed by atoms with E-state index in [1.165, 1.54) is 0 Å². The van der Waals surface area contributed by atoms with Crippen molar-refractivity contribution < 1.29 is 0 Å². The smallest absolute Gasteiger partial charge is 0.164 e. The van der Waals surface area contributed by atoms with Crippen LogP contribution in [0.15, 0.2) is 106 Å². The monoisotopic (exact) mass is 602 g/mol. The fourth-order valence-corrected chi connectivity index (χ4v) is 4.70. The Hall–Kier alpha value is -3.76. The molecule has 4 aromatic carbocycles. The number of rotatable bonds is 7. The lowest BCUT2D eigenvalue weighted by Gasteiger charge is -2.31. The van der Waals surface area contributed by atoms with Gasteiger partial charge < -0.3 is 10.6 Å². The summed E-state index contributed by atoms with van der Waals surface area (Å²) in [6.07, 6.45) is -0.848. The van der Waals surface area contributed by atoms with Crippen molar-refractivity contribution in [3.8, 4) is 0 Å². The summed E-state index contributed by atoms with van der Waals surface area (Å²) in [7, 11) is 0. The van der Waals surface area contributed by atoms with Gasteiger partial charge in [0.15, 0.2) is 12.3 Å². The lowest BCUT2D eigenvalue weighted by molar-refractivity contribution is 0.347. The summed E-state index contributed by atoms with van der Waals surface area (Å²) < 4.78 is 5.79. The van der Waals surface area contributed by atoms with Gasteiger partial charge >= 0.3 is 0 Å². The van der Waals surface area contributed by atoms with Crippen LogP contribution in [-0.4, -0.2) is 30.0 Å². The molecule has 2 heterocycles. The van der Waals surface area contributed by atoms with Crippen molar-refractivity contribution in [2.75, 3.05) is 10.6 Å². The summed E-state index contributed by atoms with van der Waals surface area (Å²) >= 11 is 7.05. The maximum absolute atomic E-state index is 4.56. The Labute approximate surface area is 223 Å². The first-order chi connectivity index (χ1) is 17.7. The molecule has 0 aliphatic heterocycles. The van der Waals surface area contributed by atoms with Crippen LogP contribution >= 0.6 is 31.9 Å². The minimum atomic E-state index is -0.424. The largest absolute Gasteiger partial charge is 0.360 e. The number of hydrogen-bond donors (Lipinski definition) is 2. The van der Waals surface area contributed by atoms with Crippen molar-refractivity contribution in [3.05, 3.63) is 106 Å². The van der Waals surface area contributed by atoms with Crippen LogP contribution in [0.3, 0.4) is 0 Å². The number of hydrogen-bond acceptors (Lipinski definition) is 6. The van der Waals surface area contributed by atoms with Crippen molar-refractivity contribution in [1.29, 1.82) is 0 Å². The van der Waals surface area contributed by atoms with Crippen LogP contribution in [0.25, 0.3) is 22.1 Å². The molecule has 2 aromatic heterocycles. The molecule has 0 amide bonds. The average Bonchev–Trinajstić information content (AvgIpc) is 3.53. The van der Waals surface area contributed by atoms with E-state index < -0.39 is 12.3 Å². The fourth-order valence-electron chi connectivity index (χ4n) is 4.17. The summed E-state index contributed by atoms with van der Waals surface area (Å²) in [5.41, 5.74) is 5.28. The van der Waals surface area contributed by atoms with Gasteiger partial charge in [0.1, 0.15) is 11.0 Å². The maximum Gasteiger partial charge on any atom is 0.164 e. The molecule has 36 heavy (non-hydrogen) atoms. The molecule has 0 fully saturated rings. The van der Waals surface area contributed by atoms with Crippen LogP contribution in [0.2, 0.25) is 0 Å². The van der Waals surface area contributed by atoms with Gasteiger partial charge in [-0.3, -0.25) is 0 Å². The zero-order chi connectivity index (χ0) is 24.5. The molecule has 178 valence electrons. The van der Waals surface area contributed by atoms with Crippen molar-refractivity contribution in [2.24, 2.45) is 0 Å². The summed E-state index contributed by atoms with van der Waals surface area (Å²) in [5.74, 6) is 0.